The highest BCUT2D eigenvalue weighted by molar-refractivity contribution is 5.96. The van der Waals surface area contributed by atoms with E-state index in [4.69, 9.17) is 9.47 Å². The lowest BCUT2D eigenvalue weighted by Gasteiger charge is -2.34. The maximum Gasteiger partial charge on any atom is 0.310 e. The number of rotatable bonds is 11. The number of ether oxygens (including phenoxy) is 2. The normalized spacial score (nSPS) is 28.1. The number of esters is 1. The number of morpholine rings is 1. The number of amides is 2. The van der Waals surface area contributed by atoms with Gasteiger partial charge in [0.2, 0.25) is 11.8 Å². The van der Waals surface area contributed by atoms with Crippen LogP contribution in [0.25, 0.3) is 0 Å². The molecule has 9 heteroatoms. The van der Waals surface area contributed by atoms with Gasteiger partial charge in [-0.15, -0.1) is 0 Å². The van der Waals surface area contributed by atoms with E-state index >= 15 is 0 Å². The molecule has 2 saturated heterocycles. The van der Waals surface area contributed by atoms with Crippen molar-refractivity contribution in [1.29, 1.82) is 0 Å². The van der Waals surface area contributed by atoms with Gasteiger partial charge in [0.15, 0.2) is 0 Å². The highest BCUT2D eigenvalue weighted by atomic mass is 16.5. The summed E-state index contributed by atoms with van der Waals surface area (Å²) in [5.74, 6) is -2.97. The number of aliphatic hydroxyl groups is 1. The molecule has 3 aliphatic rings. The number of benzene rings is 1. The van der Waals surface area contributed by atoms with Gasteiger partial charge < -0.3 is 24.8 Å². The summed E-state index contributed by atoms with van der Waals surface area (Å²) in [4.78, 5) is 44.9. The Morgan fingerprint density at radius 2 is 1.89 bits per heavy atom. The lowest BCUT2D eigenvalue weighted by atomic mass is 9.69. The van der Waals surface area contributed by atoms with Crippen LogP contribution in [-0.2, 0) is 23.9 Å². The predicted octanol–water partition coefficient (Wildman–Crippen LogP) is 1.78. The number of likely N-dealkylation sites (tertiary alicyclic amines) is 1. The van der Waals surface area contributed by atoms with E-state index in [0.717, 1.165) is 31.5 Å². The number of hydrogen-bond donors (Lipinski definition) is 2. The molecule has 2 N–H and O–H groups in total. The molecular formula is C29H41N3O6. The van der Waals surface area contributed by atoms with Gasteiger partial charge in [-0.1, -0.05) is 55.8 Å². The van der Waals surface area contributed by atoms with Crippen LogP contribution in [0.5, 0.6) is 0 Å². The van der Waals surface area contributed by atoms with Crippen molar-refractivity contribution in [3.8, 4) is 0 Å². The Labute approximate surface area is 225 Å². The van der Waals surface area contributed by atoms with Gasteiger partial charge in [0.25, 0.3) is 0 Å². The molecule has 38 heavy (non-hydrogen) atoms. The summed E-state index contributed by atoms with van der Waals surface area (Å²) < 4.78 is 10.8. The summed E-state index contributed by atoms with van der Waals surface area (Å²) in [6, 6.07) is 7.72. The van der Waals surface area contributed by atoms with E-state index in [1.165, 1.54) is 4.90 Å². The highest BCUT2D eigenvalue weighted by Gasteiger charge is 2.59. The predicted molar refractivity (Wildman–Crippen MR) is 142 cm³/mol. The summed E-state index contributed by atoms with van der Waals surface area (Å²) in [7, 11) is 0. The van der Waals surface area contributed by atoms with Gasteiger partial charge in [-0.3, -0.25) is 19.3 Å². The van der Waals surface area contributed by atoms with Crippen molar-refractivity contribution < 1.29 is 29.0 Å². The minimum atomic E-state index is -0.842. The Morgan fingerprint density at radius 3 is 2.55 bits per heavy atom. The Balaban J connectivity index is 1.65. The molecule has 0 bridgehead atoms. The van der Waals surface area contributed by atoms with E-state index in [9.17, 15) is 19.5 Å². The van der Waals surface area contributed by atoms with Crippen LogP contribution in [0.2, 0.25) is 0 Å². The first-order valence-electron chi connectivity index (χ1n) is 13.9. The third-order valence-electron chi connectivity index (χ3n) is 8.02. The van der Waals surface area contributed by atoms with Crippen LogP contribution in [0.15, 0.2) is 42.5 Å². The zero-order valence-electron chi connectivity index (χ0n) is 22.5. The molecule has 6 atom stereocenters. The minimum Gasteiger partial charge on any atom is -0.466 e. The van der Waals surface area contributed by atoms with Crippen molar-refractivity contribution >= 4 is 17.8 Å². The molecule has 1 aromatic rings. The Hall–Kier alpha value is -2.75. The zero-order chi connectivity index (χ0) is 27.1. The van der Waals surface area contributed by atoms with Crippen molar-refractivity contribution in [3.63, 3.8) is 0 Å². The van der Waals surface area contributed by atoms with Gasteiger partial charge in [-0.05, 0) is 24.8 Å². The molecular weight excluding hydrogens is 486 g/mol. The maximum absolute atomic E-state index is 14.2. The SMILES string of the molecule is CCC[C@@H]1C=C[C@H]2[C@@H](C(=O)N([C@H](CO)c3ccccc3)[C@@H]2C(=O)NCCN2CCOCC2)[C@@H]1C(=O)OCC. The minimum absolute atomic E-state index is 0.140. The first kappa shape index (κ1) is 28.3. The molecule has 0 saturated carbocycles. The van der Waals surface area contributed by atoms with Crippen LogP contribution < -0.4 is 5.32 Å². The van der Waals surface area contributed by atoms with E-state index in [-0.39, 0.29) is 30.9 Å². The van der Waals surface area contributed by atoms with Crippen molar-refractivity contribution in [2.75, 3.05) is 52.6 Å². The fraction of sp³-hybridized carbons (Fsp3) is 0.621. The van der Waals surface area contributed by atoms with Crippen LogP contribution in [0, 0.1) is 23.7 Å². The number of nitrogens with zero attached hydrogens (tertiary/aromatic N) is 2. The fourth-order valence-electron chi connectivity index (χ4n) is 6.24. The highest BCUT2D eigenvalue weighted by Crippen LogP contribution is 2.48. The molecule has 2 heterocycles. The van der Waals surface area contributed by atoms with Crippen LogP contribution in [0.3, 0.4) is 0 Å². The van der Waals surface area contributed by atoms with E-state index in [0.29, 0.717) is 26.3 Å². The Morgan fingerprint density at radius 1 is 1.16 bits per heavy atom. The van der Waals surface area contributed by atoms with Crippen LogP contribution in [0.4, 0.5) is 0 Å². The molecule has 2 aliphatic heterocycles. The first-order chi connectivity index (χ1) is 18.5. The Bertz CT molecular complexity index is 980. The molecule has 0 unspecified atom stereocenters. The lowest BCUT2D eigenvalue weighted by molar-refractivity contribution is -0.156. The smallest absolute Gasteiger partial charge is 0.310 e. The topological polar surface area (TPSA) is 108 Å². The average molecular weight is 528 g/mol. The van der Waals surface area contributed by atoms with Crippen molar-refractivity contribution in [1.82, 2.24) is 15.1 Å². The monoisotopic (exact) mass is 527 g/mol. The number of allylic oxidation sites excluding steroid dienone is 1. The largest absolute Gasteiger partial charge is 0.466 e. The molecule has 208 valence electrons. The quantitative estimate of drug-likeness (QED) is 0.334. The molecule has 0 spiro atoms. The number of nitrogens with one attached hydrogen (secondary N) is 1. The van der Waals surface area contributed by atoms with E-state index in [2.05, 4.69) is 10.2 Å². The first-order valence-corrected chi connectivity index (χ1v) is 13.9. The average Bonchev–Trinajstić information content (AvgIpc) is 3.22. The number of aliphatic hydroxyl groups excluding tert-OH is 1. The standard InChI is InChI=1S/C29H41N3O6/c1-3-8-21-11-12-22-25(24(21)29(36)38-4-2)28(35)32(23(19-33)20-9-6-5-7-10-20)26(22)27(34)30-13-14-31-15-17-37-18-16-31/h5-7,9-12,21-26,33H,3-4,8,13-19H2,1-2H3,(H,30,34)/t21-,22+,23-,24-,25-,26+/m1/s1. The second-order valence-electron chi connectivity index (χ2n) is 10.3. The van der Waals surface area contributed by atoms with Gasteiger partial charge in [0.05, 0.1) is 44.3 Å². The van der Waals surface area contributed by atoms with E-state index in [1.54, 1.807) is 6.92 Å². The van der Waals surface area contributed by atoms with Crippen LogP contribution in [-0.4, -0.2) is 91.3 Å². The lowest BCUT2D eigenvalue weighted by Crippen LogP contribution is -2.50. The number of carbonyl (C=O) groups is 3. The van der Waals surface area contributed by atoms with Crippen molar-refractivity contribution in [2.45, 2.75) is 38.8 Å². The van der Waals surface area contributed by atoms with Gasteiger partial charge in [-0.2, -0.15) is 0 Å². The van der Waals surface area contributed by atoms with Crippen LogP contribution >= 0.6 is 0 Å². The summed E-state index contributed by atoms with van der Waals surface area (Å²) in [6.07, 6.45) is 5.54. The second-order valence-corrected chi connectivity index (χ2v) is 10.3. The third kappa shape index (κ3) is 5.95. The van der Waals surface area contributed by atoms with Crippen molar-refractivity contribution in [3.05, 3.63) is 48.0 Å². The van der Waals surface area contributed by atoms with Gasteiger partial charge in [0.1, 0.15) is 6.04 Å². The molecule has 1 aliphatic carbocycles. The Kier molecular flexibility index (Phi) is 9.93. The zero-order valence-corrected chi connectivity index (χ0v) is 22.5. The second kappa shape index (κ2) is 13.4. The maximum atomic E-state index is 14.2. The fourth-order valence-corrected chi connectivity index (χ4v) is 6.24. The van der Waals surface area contributed by atoms with E-state index < -0.39 is 35.8 Å². The van der Waals surface area contributed by atoms with Crippen molar-refractivity contribution in [2.24, 2.45) is 23.7 Å². The molecule has 2 fully saturated rings. The molecule has 4 rings (SSSR count). The summed E-state index contributed by atoms with van der Waals surface area (Å²) in [5.41, 5.74) is 0.745. The molecule has 1 aromatic carbocycles. The van der Waals surface area contributed by atoms with Gasteiger partial charge in [0, 0.05) is 32.1 Å². The number of hydrogen-bond acceptors (Lipinski definition) is 7. The number of carbonyl (C=O) groups excluding carboxylic acids is 3. The van der Waals surface area contributed by atoms with E-state index in [1.807, 2.05) is 49.4 Å². The van der Waals surface area contributed by atoms with Gasteiger partial charge >= 0.3 is 5.97 Å². The molecule has 0 radical (unpaired) electrons. The molecule has 0 aromatic heterocycles. The summed E-state index contributed by atoms with van der Waals surface area (Å²) >= 11 is 0. The third-order valence-corrected chi connectivity index (χ3v) is 8.02. The molecule has 2 amide bonds. The number of fused-ring (bicyclic) bond motifs is 1. The summed E-state index contributed by atoms with van der Waals surface area (Å²) in [5, 5.41) is 13.5. The summed E-state index contributed by atoms with van der Waals surface area (Å²) in [6.45, 7) is 7.81. The van der Waals surface area contributed by atoms with Gasteiger partial charge in [-0.25, -0.2) is 0 Å². The molecule has 9 nitrogen and oxygen atoms in total. The van der Waals surface area contributed by atoms with Crippen LogP contribution in [0.1, 0.15) is 38.3 Å².